The molecule has 1 aliphatic heterocycles. The number of aliphatic imine (C=N–C) groups is 1. The highest BCUT2D eigenvalue weighted by molar-refractivity contribution is 8.13. The number of thioether (sulfide) groups is 1. The minimum absolute atomic E-state index is 0.274. The van der Waals surface area contributed by atoms with Crippen LogP contribution >= 0.6 is 23.1 Å². The van der Waals surface area contributed by atoms with Gasteiger partial charge >= 0.3 is 0 Å². The minimum atomic E-state index is 0.274. The highest BCUT2D eigenvalue weighted by atomic mass is 32.2. The molecule has 0 bridgehead atoms. The largest absolute Gasteiger partial charge is 0.379 e. The number of aromatic nitrogens is 1. The average molecular weight is 340 g/mol. The summed E-state index contributed by atoms with van der Waals surface area (Å²) in [6.45, 7) is 1.57. The van der Waals surface area contributed by atoms with Crippen LogP contribution in [0, 0.1) is 0 Å². The Labute approximate surface area is 140 Å². The van der Waals surface area contributed by atoms with E-state index in [1.54, 1.807) is 11.8 Å². The third-order valence-corrected chi connectivity index (χ3v) is 6.29. The van der Waals surface area contributed by atoms with Crippen LogP contribution < -0.4 is 5.73 Å². The first-order chi connectivity index (χ1) is 10.8. The van der Waals surface area contributed by atoms with Crippen molar-refractivity contribution in [3.8, 4) is 0 Å². The Morgan fingerprint density at radius 2 is 2.18 bits per heavy atom. The van der Waals surface area contributed by atoms with Crippen LogP contribution in [0.1, 0.15) is 61.6 Å². The van der Waals surface area contributed by atoms with E-state index < -0.39 is 0 Å². The van der Waals surface area contributed by atoms with E-state index in [1.807, 2.05) is 11.3 Å². The molecule has 2 aliphatic rings. The third kappa shape index (κ3) is 4.70. The van der Waals surface area contributed by atoms with Gasteiger partial charge in [-0.3, -0.25) is 4.99 Å². The number of hydrogen-bond donors (Lipinski definition) is 1. The number of nitrogens with zero attached hydrogens (tertiary/aromatic N) is 2. The fourth-order valence-corrected chi connectivity index (χ4v) is 4.81. The molecule has 1 aliphatic carbocycles. The van der Waals surface area contributed by atoms with Gasteiger partial charge in [0.2, 0.25) is 0 Å². The van der Waals surface area contributed by atoms with Gasteiger partial charge in [0.25, 0.3) is 0 Å². The van der Waals surface area contributed by atoms with Crippen molar-refractivity contribution in [1.82, 2.24) is 4.98 Å². The second-order valence-corrected chi connectivity index (χ2v) is 8.00. The van der Waals surface area contributed by atoms with Gasteiger partial charge in [0.15, 0.2) is 5.17 Å². The molecule has 0 unspecified atom stereocenters. The Bertz CT molecular complexity index is 491. The summed E-state index contributed by atoms with van der Waals surface area (Å²) in [6, 6.07) is 0. The van der Waals surface area contributed by atoms with Gasteiger partial charge in [0.1, 0.15) is 0 Å². The SMILES string of the molecule is NC(=NC[C@@H]1CCCO1)SCc1csc(C2CCCCC2)n1. The maximum absolute atomic E-state index is 5.98. The molecule has 122 valence electrons. The van der Waals surface area contributed by atoms with Gasteiger partial charge in [-0.15, -0.1) is 11.3 Å². The van der Waals surface area contributed by atoms with E-state index in [0.717, 1.165) is 30.9 Å². The summed E-state index contributed by atoms with van der Waals surface area (Å²) in [6.07, 6.45) is 9.26. The Balaban J connectivity index is 1.44. The van der Waals surface area contributed by atoms with Gasteiger partial charge in [-0.1, -0.05) is 31.0 Å². The predicted molar refractivity (Wildman–Crippen MR) is 94.7 cm³/mol. The molecule has 2 N–H and O–H groups in total. The van der Waals surface area contributed by atoms with Crippen molar-refractivity contribution < 1.29 is 4.74 Å². The van der Waals surface area contributed by atoms with Gasteiger partial charge in [0, 0.05) is 23.7 Å². The van der Waals surface area contributed by atoms with E-state index in [-0.39, 0.29) is 6.10 Å². The maximum Gasteiger partial charge on any atom is 0.154 e. The Kier molecular flexibility index (Phi) is 6.15. The van der Waals surface area contributed by atoms with Crippen LogP contribution in [0.4, 0.5) is 0 Å². The van der Waals surface area contributed by atoms with Crippen molar-refractivity contribution in [2.24, 2.45) is 10.7 Å². The number of nitrogens with two attached hydrogens (primary N) is 1. The number of rotatable bonds is 5. The molecule has 0 spiro atoms. The fraction of sp³-hybridized carbons (Fsp3) is 0.750. The Morgan fingerprint density at radius 3 is 2.95 bits per heavy atom. The number of hydrogen-bond acceptors (Lipinski definition) is 5. The molecule has 6 heteroatoms. The molecular weight excluding hydrogens is 314 g/mol. The summed E-state index contributed by atoms with van der Waals surface area (Å²) in [7, 11) is 0. The molecule has 0 aromatic carbocycles. The minimum Gasteiger partial charge on any atom is -0.379 e. The standard InChI is InChI=1S/C16H25N3OS2/c17-16(18-9-14-7-4-8-20-14)22-11-13-10-21-15(19-13)12-5-2-1-3-6-12/h10,12,14H,1-9,11H2,(H2,17,18)/t14-/m0/s1. The van der Waals surface area contributed by atoms with Crippen LogP contribution in [-0.2, 0) is 10.5 Å². The zero-order chi connectivity index (χ0) is 15.2. The van der Waals surface area contributed by atoms with E-state index in [4.69, 9.17) is 15.5 Å². The highest BCUT2D eigenvalue weighted by Gasteiger charge is 2.19. The second kappa shape index (κ2) is 8.31. The van der Waals surface area contributed by atoms with Crippen LogP contribution in [0.25, 0.3) is 0 Å². The van der Waals surface area contributed by atoms with E-state index in [2.05, 4.69) is 10.4 Å². The van der Waals surface area contributed by atoms with Crippen LogP contribution in [0.3, 0.4) is 0 Å². The first kappa shape index (κ1) is 16.3. The maximum atomic E-state index is 5.98. The molecule has 2 fully saturated rings. The summed E-state index contributed by atoms with van der Waals surface area (Å²) >= 11 is 3.41. The van der Waals surface area contributed by atoms with E-state index in [9.17, 15) is 0 Å². The third-order valence-electron chi connectivity index (χ3n) is 4.37. The first-order valence-electron chi connectivity index (χ1n) is 8.30. The summed E-state index contributed by atoms with van der Waals surface area (Å²) in [5.74, 6) is 1.52. The summed E-state index contributed by atoms with van der Waals surface area (Å²) in [5.41, 5.74) is 7.13. The molecule has 1 aromatic heterocycles. The quantitative estimate of drug-likeness (QED) is 0.652. The average Bonchev–Trinajstić information content (AvgIpc) is 3.23. The lowest BCUT2D eigenvalue weighted by Gasteiger charge is -2.18. The van der Waals surface area contributed by atoms with Gasteiger partial charge < -0.3 is 10.5 Å². The zero-order valence-corrected chi connectivity index (χ0v) is 14.6. The van der Waals surface area contributed by atoms with Crippen molar-refractivity contribution in [2.75, 3.05) is 13.2 Å². The van der Waals surface area contributed by atoms with Crippen LogP contribution in [-0.4, -0.2) is 29.4 Å². The second-order valence-electron chi connectivity index (χ2n) is 6.11. The number of amidine groups is 1. The monoisotopic (exact) mass is 339 g/mol. The normalized spacial score (nSPS) is 24.0. The number of thiazole rings is 1. The van der Waals surface area contributed by atoms with Crippen molar-refractivity contribution >= 4 is 28.3 Å². The molecule has 22 heavy (non-hydrogen) atoms. The molecule has 1 saturated heterocycles. The fourth-order valence-electron chi connectivity index (χ4n) is 3.10. The Morgan fingerprint density at radius 1 is 1.32 bits per heavy atom. The summed E-state index contributed by atoms with van der Waals surface area (Å²) in [5, 5.41) is 4.16. The molecule has 0 radical (unpaired) electrons. The van der Waals surface area contributed by atoms with Crippen molar-refractivity contribution in [2.45, 2.75) is 62.7 Å². The molecule has 1 atom stereocenters. The zero-order valence-electron chi connectivity index (χ0n) is 13.0. The van der Waals surface area contributed by atoms with Gasteiger partial charge in [-0.25, -0.2) is 4.98 Å². The molecule has 2 heterocycles. The molecule has 1 saturated carbocycles. The molecule has 3 rings (SSSR count). The van der Waals surface area contributed by atoms with Gasteiger partial charge in [0.05, 0.1) is 23.4 Å². The number of ether oxygens (including phenoxy) is 1. The van der Waals surface area contributed by atoms with Gasteiger partial charge in [-0.2, -0.15) is 0 Å². The summed E-state index contributed by atoms with van der Waals surface area (Å²) in [4.78, 5) is 9.23. The van der Waals surface area contributed by atoms with E-state index in [1.165, 1.54) is 37.1 Å². The van der Waals surface area contributed by atoms with E-state index in [0.29, 0.717) is 17.6 Å². The van der Waals surface area contributed by atoms with Crippen molar-refractivity contribution in [3.63, 3.8) is 0 Å². The lowest BCUT2D eigenvalue weighted by molar-refractivity contribution is 0.118. The van der Waals surface area contributed by atoms with E-state index >= 15 is 0 Å². The molecule has 0 amide bonds. The van der Waals surface area contributed by atoms with Crippen LogP contribution in [0.15, 0.2) is 10.4 Å². The van der Waals surface area contributed by atoms with Crippen molar-refractivity contribution in [3.05, 3.63) is 16.1 Å². The van der Waals surface area contributed by atoms with Crippen LogP contribution in [0.5, 0.6) is 0 Å². The van der Waals surface area contributed by atoms with Gasteiger partial charge in [-0.05, 0) is 25.7 Å². The molecule has 4 nitrogen and oxygen atoms in total. The molecular formula is C16H25N3OS2. The molecule has 1 aromatic rings. The first-order valence-corrected chi connectivity index (χ1v) is 10.2. The Hall–Kier alpha value is -0.590. The highest BCUT2D eigenvalue weighted by Crippen LogP contribution is 2.34. The predicted octanol–water partition coefficient (Wildman–Crippen LogP) is 3.92. The smallest absolute Gasteiger partial charge is 0.154 e. The van der Waals surface area contributed by atoms with Crippen LogP contribution in [0.2, 0.25) is 0 Å². The topological polar surface area (TPSA) is 60.5 Å². The summed E-state index contributed by atoms with van der Waals surface area (Å²) < 4.78 is 5.55. The van der Waals surface area contributed by atoms with Crippen molar-refractivity contribution in [1.29, 1.82) is 0 Å². The lowest BCUT2D eigenvalue weighted by atomic mass is 9.90. The lowest BCUT2D eigenvalue weighted by Crippen LogP contribution is -2.14.